The number of carbonyl (C=O) groups excluding carboxylic acids is 1. The van der Waals surface area contributed by atoms with Gasteiger partial charge in [0, 0.05) is 30.1 Å². The highest BCUT2D eigenvalue weighted by Crippen LogP contribution is 2.18. The molecule has 2 rings (SSSR count). The molecule has 19 heavy (non-hydrogen) atoms. The molecule has 0 aliphatic carbocycles. The number of fused-ring (bicyclic) bond motifs is 1. The fourth-order valence-electron chi connectivity index (χ4n) is 1.75. The van der Waals surface area contributed by atoms with E-state index in [-0.39, 0.29) is 11.8 Å². The van der Waals surface area contributed by atoms with Gasteiger partial charge in [0.25, 0.3) is 0 Å². The highest BCUT2D eigenvalue weighted by atomic mass is 35.5. The van der Waals surface area contributed by atoms with Gasteiger partial charge in [0.1, 0.15) is 0 Å². The average molecular weight is 283 g/mol. The Morgan fingerprint density at radius 1 is 1.47 bits per heavy atom. The number of aromatic nitrogens is 1. The van der Waals surface area contributed by atoms with Gasteiger partial charge >= 0.3 is 5.76 Å². The van der Waals surface area contributed by atoms with Crippen LogP contribution >= 0.6 is 11.6 Å². The maximum Gasteiger partial charge on any atom is 0.420 e. The SMILES string of the molecule is CC(C)C(=O)NCCn1c(=O)oc2cc(Cl)ccc21. The van der Waals surface area contributed by atoms with Crippen LogP contribution in [0.15, 0.2) is 27.4 Å². The zero-order valence-corrected chi connectivity index (χ0v) is 11.5. The molecule has 6 heteroatoms. The van der Waals surface area contributed by atoms with Gasteiger partial charge in [0.2, 0.25) is 5.91 Å². The van der Waals surface area contributed by atoms with Gasteiger partial charge in [0.05, 0.1) is 5.52 Å². The largest absolute Gasteiger partial charge is 0.420 e. The quantitative estimate of drug-likeness (QED) is 0.933. The van der Waals surface area contributed by atoms with Crippen LogP contribution in [-0.4, -0.2) is 17.0 Å². The van der Waals surface area contributed by atoms with E-state index in [2.05, 4.69) is 5.32 Å². The number of amides is 1. The molecule has 0 fully saturated rings. The standard InChI is InChI=1S/C13H15ClN2O3/c1-8(2)12(17)15-5-6-16-10-4-3-9(14)7-11(10)19-13(16)18/h3-4,7-8H,5-6H2,1-2H3,(H,15,17). The molecule has 2 aromatic rings. The molecule has 1 amide bonds. The fraction of sp³-hybridized carbons (Fsp3) is 0.385. The van der Waals surface area contributed by atoms with Crippen molar-refractivity contribution in [3.05, 3.63) is 33.8 Å². The lowest BCUT2D eigenvalue weighted by molar-refractivity contribution is -0.124. The van der Waals surface area contributed by atoms with Crippen molar-refractivity contribution in [1.29, 1.82) is 0 Å². The van der Waals surface area contributed by atoms with E-state index in [0.717, 1.165) is 0 Å². The molecule has 1 aromatic carbocycles. The number of carbonyl (C=O) groups is 1. The van der Waals surface area contributed by atoms with Crippen LogP contribution in [0.1, 0.15) is 13.8 Å². The van der Waals surface area contributed by atoms with E-state index in [1.54, 1.807) is 18.2 Å². The third kappa shape index (κ3) is 2.98. The molecule has 0 aliphatic heterocycles. The van der Waals surface area contributed by atoms with E-state index < -0.39 is 5.76 Å². The van der Waals surface area contributed by atoms with Crippen LogP contribution in [-0.2, 0) is 11.3 Å². The van der Waals surface area contributed by atoms with Crippen molar-refractivity contribution in [1.82, 2.24) is 9.88 Å². The molecule has 1 aromatic heterocycles. The van der Waals surface area contributed by atoms with Crippen molar-refractivity contribution < 1.29 is 9.21 Å². The van der Waals surface area contributed by atoms with Crippen molar-refractivity contribution in [2.75, 3.05) is 6.54 Å². The van der Waals surface area contributed by atoms with Gasteiger partial charge in [-0.1, -0.05) is 25.4 Å². The van der Waals surface area contributed by atoms with Gasteiger partial charge in [-0.15, -0.1) is 0 Å². The summed E-state index contributed by atoms with van der Waals surface area (Å²) in [5.74, 6) is -0.559. The van der Waals surface area contributed by atoms with E-state index >= 15 is 0 Å². The lowest BCUT2D eigenvalue weighted by Crippen LogP contribution is -2.32. The van der Waals surface area contributed by atoms with Gasteiger partial charge in [-0.25, -0.2) is 4.79 Å². The molecule has 5 nitrogen and oxygen atoms in total. The summed E-state index contributed by atoms with van der Waals surface area (Å²) < 4.78 is 6.57. The molecule has 1 N–H and O–H groups in total. The molecular formula is C13H15ClN2O3. The number of nitrogens with one attached hydrogen (secondary N) is 1. The summed E-state index contributed by atoms with van der Waals surface area (Å²) in [6, 6.07) is 5.02. The second kappa shape index (κ2) is 5.48. The van der Waals surface area contributed by atoms with Crippen molar-refractivity contribution in [3.63, 3.8) is 0 Å². The fourth-order valence-corrected chi connectivity index (χ4v) is 1.91. The Hall–Kier alpha value is -1.75. The molecule has 0 saturated carbocycles. The second-order valence-electron chi connectivity index (χ2n) is 4.58. The molecule has 0 aliphatic rings. The summed E-state index contributed by atoms with van der Waals surface area (Å²) in [5, 5.41) is 3.27. The monoisotopic (exact) mass is 282 g/mol. The summed E-state index contributed by atoms with van der Waals surface area (Å²) in [4.78, 5) is 23.1. The Morgan fingerprint density at radius 3 is 2.89 bits per heavy atom. The van der Waals surface area contributed by atoms with E-state index in [4.69, 9.17) is 16.0 Å². The number of nitrogens with zero attached hydrogens (tertiary/aromatic N) is 1. The van der Waals surface area contributed by atoms with Crippen molar-refractivity contribution in [2.45, 2.75) is 20.4 Å². The number of hydrogen-bond acceptors (Lipinski definition) is 3. The van der Waals surface area contributed by atoms with Crippen LogP contribution in [0, 0.1) is 5.92 Å². The van der Waals surface area contributed by atoms with E-state index in [1.807, 2.05) is 13.8 Å². The van der Waals surface area contributed by atoms with E-state index in [9.17, 15) is 9.59 Å². The Bertz CT molecular complexity index is 657. The predicted molar refractivity (Wildman–Crippen MR) is 73.3 cm³/mol. The zero-order valence-electron chi connectivity index (χ0n) is 10.8. The highest BCUT2D eigenvalue weighted by molar-refractivity contribution is 6.31. The third-order valence-electron chi connectivity index (χ3n) is 2.79. The Balaban J connectivity index is 2.15. The first-order valence-corrected chi connectivity index (χ1v) is 6.43. The maximum absolute atomic E-state index is 11.7. The highest BCUT2D eigenvalue weighted by Gasteiger charge is 2.10. The molecule has 0 saturated heterocycles. The van der Waals surface area contributed by atoms with Crippen LogP contribution in [0.5, 0.6) is 0 Å². The topological polar surface area (TPSA) is 64.2 Å². The molecule has 102 valence electrons. The Morgan fingerprint density at radius 2 is 2.21 bits per heavy atom. The van der Waals surface area contributed by atoms with Crippen molar-refractivity contribution >= 4 is 28.6 Å². The molecule has 0 unspecified atom stereocenters. The Labute approximate surface area is 115 Å². The van der Waals surface area contributed by atoms with Gasteiger partial charge in [-0.05, 0) is 12.1 Å². The molecule has 1 heterocycles. The zero-order chi connectivity index (χ0) is 14.0. The van der Waals surface area contributed by atoms with E-state index in [1.165, 1.54) is 4.57 Å². The lowest BCUT2D eigenvalue weighted by atomic mass is 10.2. The summed E-state index contributed by atoms with van der Waals surface area (Å²) in [7, 11) is 0. The lowest BCUT2D eigenvalue weighted by Gasteiger charge is -2.07. The van der Waals surface area contributed by atoms with E-state index in [0.29, 0.717) is 29.2 Å². The molecule has 0 radical (unpaired) electrons. The molecule has 0 atom stereocenters. The number of benzene rings is 1. The summed E-state index contributed by atoms with van der Waals surface area (Å²) in [6.45, 7) is 4.38. The minimum Gasteiger partial charge on any atom is -0.408 e. The van der Waals surface area contributed by atoms with Gasteiger partial charge in [-0.3, -0.25) is 9.36 Å². The first-order valence-electron chi connectivity index (χ1n) is 6.05. The number of halogens is 1. The average Bonchev–Trinajstić information content (AvgIpc) is 2.64. The van der Waals surface area contributed by atoms with Crippen molar-refractivity contribution in [3.8, 4) is 0 Å². The number of oxazole rings is 1. The summed E-state index contributed by atoms with van der Waals surface area (Å²) >= 11 is 5.83. The molecule has 0 spiro atoms. The summed E-state index contributed by atoms with van der Waals surface area (Å²) in [5.41, 5.74) is 1.13. The molecular weight excluding hydrogens is 268 g/mol. The normalized spacial score (nSPS) is 11.2. The van der Waals surface area contributed by atoms with Gasteiger partial charge < -0.3 is 9.73 Å². The van der Waals surface area contributed by atoms with Crippen molar-refractivity contribution in [2.24, 2.45) is 5.92 Å². The number of hydrogen-bond donors (Lipinski definition) is 1. The smallest absolute Gasteiger partial charge is 0.408 e. The van der Waals surface area contributed by atoms with Gasteiger partial charge in [0.15, 0.2) is 5.58 Å². The van der Waals surface area contributed by atoms with Crippen LogP contribution in [0.2, 0.25) is 5.02 Å². The first-order chi connectivity index (χ1) is 8.99. The van der Waals surface area contributed by atoms with Crippen LogP contribution in [0.25, 0.3) is 11.1 Å². The third-order valence-corrected chi connectivity index (χ3v) is 3.02. The van der Waals surface area contributed by atoms with Crippen LogP contribution in [0.3, 0.4) is 0 Å². The maximum atomic E-state index is 11.7. The Kier molecular flexibility index (Phi) is 3.95. The first kappa shape index (κ1) is 13.7. The molecule has 0 bridgehead atoms. The second-order valence-corrected chi connectivity index (χ2v) is 5.01. The minimum atomic E-state index is -0.448. The summed E-state index contributed by atoms with van der Waals surface area (Å²) in [6.07, 6.45) is 0. The van der Waals surface area contributed by atoms with Crippen LogP contribution < -0.4 is 11.1 Å². The minimum absolute atomic E-state index is 0.0381. The van der Waals surface area contributed by atoms with Gasteiger partial charge in [-0.2, -0.15) is 0 Å². The van der Waals surface area contributed by atoms with Crippen LogP contribution in [0.4, 0.5) is 0 Å². The number of rotatable bonds is 4. The predicted octanol–water partition coefficient (Wildman–Crippen LogP) is 2.02.